The fourth-order valence-electron chi connectivity index (χ4n) is 3.72. The summed E-state index contributed by atoms with van der Waals surface area (Å²) in [6, 6.07) is 0.00955. The van der Waals surface area contributed by atoms with E-state index in [0.717, 1.165) is 31.1 Å². The molecule has 0 radical (unpaired) electrons. The van der Waals surface area contributed by atoms with E-state index in [2.05, 4.69) is 10.4 Å². The van der Waals surface area contributed by atoms with E-state index in [1.807, 2.05) is 11.1 Å². The summed E-state index contributed by atoms with van der Waals surface area (Å²) in [6.45, 7) is 3.10. The van der Waals surface area contributed by atoms with E-state index in [1.165, 1.54) is 25.7 Å². The molecule has 22 heavy (non-hydrogen) atoms. The summed E-state index contributed by atoms with van der Waals surface area (Å²) >= 11 is 0. The number of nitrogens with zero attached hydrogens (tertiary/aromatic N) is 3. The Morgan fingerprint density at radius 3 is 3.00 bits per heavy atom. The number of ether oxygens (including phenoxy) is 1. The Balaban J connectivity index is 1.52. The van der Waals surface area contributed by atoms with Gasteiger partial charge in [0.2, 0.25) is 0 Å². The number of rotatable bonds is 4. The molecule has 0 bridgehead atoms. The van der Waals surface area contributed by atoms with Gasteiger partial charge < -0.3 is 15.0 Å². The molecule has 0 spiro atoms. The number of hydrogen-bond donors (Lipinski definition) is 1. The molecule has 2 heterocycles. The zero-order chi connectivity index (χ0) is 15.4. The Bertz CT molecular complexity index is 502. The van der Waals surface area contributed by atoms with Crippen LogP contribution in [-0.2, 0) is 11.3 Å². The fraction of sp³-hybridized carbons (Fsp3) is 0.750. The zero-order valence-electron chi connectivity index (χ0n) is 13.3. The normalized spacial score (nSPS) is 24.9. The molecule has 1 N–H and O–H groups in total. The maximum Gasteiger partial charge on any atom is 0.321 e. The summed E-state index contributed by atoms with van der Waals surface area (Å²) in [5, 5.41) is 7.19. The van der Waals surface area contributed by atoms with Crippen LogP contribution in [0.5, 0.6) is 0 Å². The van der Waals surface area contributed by atoms with Crippen LogP contribution < -0.4 is 5.32 Å². The molecule has 0 aromatic carbocycles. The van der Waals surface area contributed by atoms with Gasteiger partial charge in [0.05, 0.1) is 25.0 Å². The molecule has 3 rings (SSSR count). The molecule has 6 nitrogen and oxygen atoms in total. The number of nitrogens with one attached hydrogen (secondary N) is 1. The van der Waals surface area contributed by atoms with E-state index in [-0.39, 0.29) is 6.03 Å². The molecular weight excluding hydrogens is 280 g/mol. The topological polar surface area (TPSA) is 59.4 Å². The standard InChI is InChI=1S/C16H26N4O2/c1-22-9-8-20-12-15(10-17-20)18-16(21)19-7-6-13-4-2-3-5-14(13)11-19/h10,12-14H,2-9,11H2,1H3,(H,18,21). The molecule has 2 unspecified atom stereocenters. The van der Waals surface area contributed by atoms with Crippen LogP contribution in [0.25, 0.3) is 0 Å². The summed E-state index contributed by atoms with van der Waals surface area (Å²) in [6.07, 6.45) is 10.0. The Morgan fingerprint density at radius 2 is 2.18 bits per heavy atom. The minimum atomic E-state index is 0.00955. The lowest BCUT2D eigenvalue weighted by atomic mass is 9.75. The highest BCUT2D eigenvalue weighted by molar-refractivity contribution is 5.89. The number of carbonyl (C=O) groups is 1. The molecule has 6 heteroatoms. The van der Waals surface area contributed by atoms with Gasteiger partial charge in [-0.3, -0.25) is 4.68 Å². The predicted octanol–water partition coefficient (Wildman–Crippen LogP) is 2.57. The Morgan fingerprint density at radius 1 is 1.36 bits per heavy atom. The number of anilines is 1. The Hall–Kier alpha value is -1.56. The van der Waals surface area contributed by atoms with E-state index in [1.54, 1.807) is 18.0 Å². The average molecular weight is 306 g/mol. The van der Waals surface area contributed by atoms with Crippen LogP contribution in [0.3, 0.4) is 0 Å². The monoisotopic (exact) mass is 306 g/mol. The number of urea groups is 1. The van der Waals surface area contributed by atoms with Crippen molar-refractivity contribution in [1.82, 2.24) is 14.7 Å². The Labute approximate surface area is 131 Å². The molecule has 1 aliphatic heterocycles. The first-order valence-electron chi connectivity index (χ1n) is 8.33. The van der Waals surface area contributed by atoms with E-state index in [4.69, 9.17) is 4.74 Å². The van der Waals surface area contributed by atoms with E-state index in [9.17, 15) is 4.79 Å². The SMILES string of the molecule is COCCn1cc(NC(=O)N2CCC3CCCCC3C2)cn1. The molecule has 2 fully saturated rings. The molecule has 2 amide bonds. The van der Waals surface area contributed by atoms with E-state index >= 15 is 0 Å². The van der Waals surface area contributed by atoms with Gasteiger partial charge in [-0.05, 0) is 24.7 Å². The van der Waals surface area contributed by atoms with Gasteiger partial charge in [-0.25, -0.2) is 4.79 Å². The van der Waals surface area contributed by atoms with Crippen LogP contribution in [0.2, 0.25) is 0 Å². The quantitative estimate of drug-likeness (QED) is 0.930. The summed E-state index contributed by atoms with van der Waals surface area (Å²) in [5.41, 5.74) is 0.756. The van der Waals surface area contributed by atoms with Crippen molar-refractivity contribution in [3.8, 4) is 0 Å². The third kappa shape index (κ3) is 3.61. The van der Waals surface area contributed by atoms with Crippen LogP contribution >= 0.6 is 0 Å². The summed E-state index contributed by atoms with van der Waals surface area (Å²) in [5.74, 6) is 1.55. The lowest BCUT2D eigenvalue weighted by Gasteiger charge is -2.41. The number of methoxy groups -OCH3 is 1. The third-order valence-electron chi connectivity index (χ3n) is 4.99. The molecule has 1 aliphatic carbocycles. The molecule has 2 atom stereocenters. The number of piperidine rings is 1. The molecular formula is C16H26N4O2. The lowest BCUT2D eigenvalue weighted by molar-refractivity contribution is 0.108. The highest BCUT2D eigenvalue weighted by Crippen LogP contribution is 2.36. The van der Waals surface area contributed by atoms with Crippen molar-refractivity contribution in [1.29, 1.82) is 0 Å². The van der Waals surface area contributed by atoms with Crippen molar-refractivity contribution < 1.29 is 9.53 Å². The number of fused-ring (bicyclic) bond motifs is 1. The molecule has 122 valence electrons. The van der Waals surface area contributed by atoms with Crippen LogP contribution in [-0.4, -0.2) is 47.5 Å². The largest absolute Gasteiger partial charge is 0.383 e. The molecule has 1 saturated heterocycles. The lowest BCUT2D eigenvalue weighted by Crippen LogP contribution is -2.46. The van der Waals surface area contributed by atoms with E-state index in [0.29, 0.717) is 19.1 Å². The van der Waals surface area contributed by atoms with Gasteiger partial charge in [-0.1, -0.05) is 19.3 Å². The van der Waals surface area contributed by atoms with Gasteiger partial charge >= 0.3 is 6.03 Å². The first kappa shape index (κ1) is 15.3. The second kappa shape index (κ2) is 7.13. The van der Waals surface area contributed by atoms with Crippen molar-refractivity contribution in [3.63, 3.8) is 0 Å². The van der Waals surface area contributed by atoms with Crippen LogP contribution in [0.1, 0.15) is 32.1 Å². The van der Waals surface area contributed by atoms with Gasteiger partial charge in [0.15, 0.2) is 0 Å². The van der Waals surface area contributed by atoms with E-state index < -0.39 is 0 Å². The van der Waals surface area contributed by atoms with Gasteiger partial charge in [-0.15, -0.1) is 0 Å². The number of carbonyl (C=O) groups excluding carboxylic acids is 1. The second-order valence-corrected chi connectivity index (χ2v) is 6.45. The smallest absolute Gasteiger partial charge is 0.321 e. The maximum absolute atomic E-state index is 12.4. The molecule has 2 aliphatic rings. The number of amides is 2. The number of likely N-dealkylation sites (tertiary alicyclic amines) is 1. The minimum Gasteiger partial charge on any atom is -0.383 e. The Kier molecular flexibility index (Phi) is 4.97. The van der Waals surface area contributed by atoms with Gasteiger partial charge in [-0.2, -0.15) is 5.10 Å². The van der Waals surface area contributed by atoms with Crippen molar-refractivity contribution in [2.24, 2.45) is 11.8 Å². The maximum atomic E-state index is 12.4. The summed E-state index contributed by atoms with van der Waals surface area (Å²) < 4.78 is 6.81. The average Bonchev–Trinajstić information content (AvgIpc) is 2.99. The van der Waals surface area contributed by atoms with Gasteiger partial charge in [0.25, 0.3) is 0 Å². The first-order valence-corrected chi connectivity index (χ1v) is 8.33. The van der Waals surface area contributed by atoms with Gasteiger partial charge in [0, 0.05) is 26.4 Å². The van der Waals surface area contributed by atoms with Gasteiger partial charge in [0.1, 0.15) is 0 Å². The molecule has 1 aromatic heterocycles. The van der Waals surface area contributed by atoms with Crippen molar-refractivity contribution in [2.45, 2.75) is 38.6 Å². The molecule has 1 saturated carbocycles. The summed E-state index contributed by atoms with van der Waals surface area (Å²) in [4.78, 5) is 14.4. The highest BCUT2D eigenvalue weighted by atomic mass is 16.5. The van der Waals surface area contributed by atoms with Crippen LogP contribution in [0, 0.1) is 11.8 Å². The van der Waals surface area contributed by atoms with Crippen molar-refractivity contribution >= 4 is 11.7 Å². The predicted molar refractivity (Wildman–Crippen MR) is 84.8 cm³/mol. The van der Waals surface area contributed by atoms with Crippen molar-refractivity contribution in [3.05, 3.63) is 12.4 Å². The minimum absolute atomic E-state index is 0.00955. The van der Waals surface area contributed by atoms with Crippen LogP contribution in [0.15, 0.2) is 12.4 Å². The van der Waals surface area contributed by atoms with Crippen molar-refractivity contribution in [2.75, 3.05) is 32.1 Å². The number of aromatic nitrogens is 2. The second-order valence-electron chi connectivity index (χ2n) is 6.45. The van der Waals surface area contributed by atoms with Crippen LogP contribution in [0.4, 0.5) is 10.5 Å². The summed E-state index contributed by atoms with van der Waals surface area (Å²) in [7, 11) is 1.67. The number of hydrogen-bond acceptors (Lipinski definition) is 3. The first-order chi connectivity index (χ1) is 10.8. The third-order valence-corrected chi connectivity index (χ3v) is 4.99. The molecule has 1 aromatic rings. The zero-order valence-corrected chi connectivity index (χ0v) is 13.3. The fourth-order valence-corrected chi connectivity index (χ4v) is 3.72. The highest BCUT2D eigenvalue weighted by Gasteiger charge is 2.32.